The molecule has 138 valence electrons. The Balaban J connectivity index is 1.87. The Morgan fingerprint density at radius 3 is 1.41 bits per heavy atom. The van der Waals surface area contributed by atoms with Gasteiger partial charge in [-0.2, -0.15) is 0 Å². The second-order valence-electron chi connectivity index (χ2n) is 7.18. The quantitative estimate of drug-likeness (QED) is 0.598. The zero-order valence-corrected chi connectivity index (χ0v) is 15.7. The van der Waals surface area contributed by atoms with Crippen LogP contribution in [0, 0.1) is 5.41 Å². The van der Waals surface area contributed by atoms with E-state index in [2.05, 4.69) is 12.2 Å². The van der Waals surface area contributed by atoms with E-state index in [4.69, 9.17) is 0 Å². The van der Waals surface area contributed by atoms with Gasteiger partial charge < -0.3 is 0 Å². The van der Waals surface area contributed by atoms with E-state index in [0.29, 0.717) is 12.8 Å². The Hall–Kier alpha value is -2.88. The van der Waals surface area contributed by atoms with Gasteiger partial charge in [0.15, 0.2) is 0 Å². The van der Waals surface area contributed by atoms with Crippen molar-refractivity contribution in [1.82, 2.24) is 10.0 Å². The van der Waals surface area contributed by atoms with Crippen molar-refractivity contribution >= 4 is 11.8 Å². The molecule has 0 spiro atoms. The number of carbonyl (C=O) groups is 2. The monoisotopic (exact) mass is 360 g/mol. The van der Waals surface area contributed by atoms with Gasteiger partial charge in [-0.1, -0.05) is 86.7 Å². The van der Waals surface area contributed by atoms with E-state index >= 15 is 0 Å². The van der Waals surface area contributed by atoms with E-state index in [9.17, 15) is 9.59 Å². The molecule has 2 aliphatic heterocycles. The summed E-state index contributed by atoms with van der Waals surface area (Å²) in [6.07, 6.45) is 5.13. The maximum atomic E-state index is 13.5. The largest absolute Gasteiger partial charge is 0.272 e. The lowest BCUT2D eigenvalue weighted by molar-refractivity contribution is -0.155. The number of hydrazine groups is 1. The van der Waals surface area contributed by atoms with Crippen molar-refractivity contribution in [2.75, 3.05) is 0 Å². The van der Waals surface area contributed by atoms with E-state index in [1.165, 1.54) is 0 Å². The van der Waals surface area contributed by atoms with E-state index in [1.54, 1.807) is 10.0 Å². The molecule has 2 heterocycles. The van der Waals surface area contributed by atoms with Gasteiger partial charge in [-0.25, -0.2) is 10.0 Å². The summed E-state index contributed by atoms with van der Waals surface area (Å²) in [5.41, 5.74) is 1.05. The van der Waals surface area contributed by atoms with Crippen LogP contribution in [0.5, 0.6) is 0 Å². The summed E-state index contributed by atoms with van der Waals surface area (Å²) in [7, 11) is 0. The molecular formula is C23H24N2O2. The van der Waals surface area contributed by atoms with E-state index in [1.807, 2.05) is 74.5 Å². The first-order chi connectivity index (χ1) is 13.1. The predicted octanol–water partition coefficient (Wildman–Crippen LogP) is 4.43. The molecule has 1 fully saturated rings. The molecule has 0 N–H and O–H groups in total. The van der Waals surface area contributed by atoms with E-state index in [-0.39, 0.29) is 23.9 Å². The topological polar surface area (TPSA) is 40.6 Å². The highest BCUT2D eigenvalue weighted by atomic mass is 16.2. The number of hydrogen-bond donors (Lipinski definition) is 0. The lowest BCUT2D eigenvalue weighted by Crippen LogP contribution is -2.46. The Morgan fingerprint density at radius 1 is 0.704 bits per heavy atom. The molecule has 2 aliphatic rings. The minimum Gasteiger partial charge on any atom is -0.272 e. The summed E-state index contributed by atoms with van der Waals surface area (Å²) >= 11 is 0. The van der Waals surface area contributed by atoms with Crippen LogP contribution in [0.4, 0.5) is 0 Å². The minimum absolute atomic E-state index is 0.0864. The van der Waals surface area contributed by atoms with Crippen molar-refractivity contribution in [3.8, 4) is 0 Å². The fourth-order valence-electron chi connectivity index (χ4n) is 4.28. The van der Waals surface area contributed by atoms with Crippen LogP contribution in [0.25, 0.3) is 0 Å². The first-order valence-electron chi connectivity index (χ1n) is 9.59. The standard InChI is InChI=1S/C23H24N2O2/c1-3-23(4-2)21(26)24-19(17-11-7-5-8-12-17)15-16-20(25(24)22(23)27)18-13-9-6-10-14-18/h5-16,19-20H,3-4H2,1-2H3. The van der Waals surface area contributed by atoms with Gasteiger partial charge in [0.2, 0.25) is 0 Å². The highest BCUT2D eigenvalue weighted by molar-refractivity contribution is 6.10. The molecule has 2 aromatic carbocycles. The zero-order valence-electron chi connectivity index (χ0n) is 15.7. The van der Waals surface area contributed by atoms with E-state index < -0.39 is 5.41 Å². The molecule has 27 heavy (non-hydrogen) atoms. The first-order valence-corrected chi connectivity index (χ1v) is 9.59. The molecule has 4 nitrogen and oxygen atoms in total. The van der Waals surface area contributed by atoms with Gasteiger partial charge in [0.05, 0.1) is 12.1 Å². The molecular weight excluding hydrogens is 336 g/mol. The van der Waals surface area contributed by atoms with Crippen molar-refractivity contribution in [2.24, 2.45) is 5.41 Å². The summed E-state index contributed by atoms with van der Waals surface area (Å²) in [4.78, 5) is 27.0. The molecule has 2 amide bonds. The maximum absolute atomic E-state index is 13.5. The van der Waals surface area contributed by atoms with Crippen molar-refractivity contribution in [2.45, 2.75) is 38.8 Å². The molecule has 2 atom stereocenters. The minimum atomic E-state index is -0.966. The zero-order chi connectivity index (χ0) is 19.0. The number of nitrogens with zero attached hydrogens (tertiary/aromatic N) is 2. The summed E-state index contributed by atoms with van der Waals surface area (Å²) in [5, 5.41) is 3.39. The lowest BCUT2D eigenvalue weighted by Gasteiger charge is -2.41. The Kier molecular flexibility index (Phi) is 4.34. The maximum Gasteiger partial charge on any atom is 0.257 e. The van der Waals surface area contributed by atoms with Crippen LogP contribution in [-0.2, 0) is 9.59 Å². The number of rotatable bonds is 4. The van der Waals surface area contributed by atoms with Crippen molar-refractivity contribution in [3.63, 3.8) is 0 Å². The molecule has 0 aliphatic carbocycles. The number of fused-ring (bicyclic) bond motifs is 1. The number of carbonyl (C=O) groups excluding carboxylic acids is 2. The third kappa shape index (κ3) is 2.51. The lowest BCUT2D eigenvalue weighted by atomic mass is 9.81. The van der Waals surface area contributed by atoms with Gasteiger partial charge in [0, 0.05) is 0 Å². The second-order valence-corrected chi connectivity index (χ2v) is 7.18. The van der Waals surface area contributed by atoms with Gasteiger partial charge in [0.25, 0.3) is 11.8 Å². The number of benzene rings is 2. The van der Waals surface area contributed by atoms with Gasteiger partial charge in [-0.05, 0) is 24.0 Å². The smallest absolute Gasteiger partial charge is 0.257 e. The highest BCUT2D eigenvalue weighted by Crippen LogP contribution is 2.48. The molecule has 0 saturated carbocycles. The number of hydrogen-bond acceptors (Lipinski definition) is 2. The second kappa shape index (κ2) is 6.69. The van der Waals surface area contributed by atoms with Crippen LogP contribution in [0.3, 0.4) is 0 Å². The fraction of sp³-hybridized carbons (Fsp3) is 0.304. The van der Waals surface area contributed by atoms with E-state index in [0.717, 1.165) is 11.1 Å². The predicted molar refractivity (Wildman–Crippen MR) is 104 cm³/mol. The Bertz CT molecular complexity index is 802. The van der Waals surface area contributed by atoms with Crippen LogP contribution in [0.15, 0.2) is 72.8 Å². The fourth-order valence-corrected chi connectivity index (χ4v) is 4.28. The van der Waals surface area contributed by atoms with Crippen LogP contribution < -0.4 is 0 Å². The summed E-state index contributed by atoms with van der Waals surface area (Å²) < 4.78 is 0. The van der Waals surface area contributed by atoms with Crippen molar-refractivity contribution in [3.05, 3.63) is 83.9 Å². The normalized spacial score (nSPS) is 23.6. The van der Waals surface area contributed by atoms with Crippen LogP contribution in [0.2, 0.25) is 0 Å². The molecule has 0 radical (unpaired) electrons. The molecule has 2 aromatic rings. The number of amides is 2. The van der Waals surface area contributed by atoms with Gasteiger partial charge in [-0.3, -0.25) is 9.59 Å². The summed E-state index contributed by atoms with van der Waals surface area (Å²) in [6.45, 7) is 3.86. The van der Waals surface area contributed by atoms with Gasteiger partial charge >= 0.3 is 0 Å². The van der Waals surface area contributed by atoms with Crippen LogP contribution >= 0.6 is 0 Å². The summed E-state index contributed by atoms with van der Waals surface area (Å²) in [5.74, 6) is -0.173. The molecule has 1 saturated heterocycles. The average Bonchev–Trinajstić information content (AvgIpc) is 2.96. The molecule has 0 bridgehead atoms. The van der Waals surface area contributed by atoms with Gasteiger partial charge in [0.1, 0.15) is 5.41 Å². The van der Waals surface area contributed by atoms with Crippen molar-refractivity contribution < 1.29 is 9.59 Å². The van der Waals surface area contributed by atoms with Crippen molar-refractivity contribution in [1.29, 1.82) is 0 Å². The Morgan fingerprint density at radius 2 is 1.07 bits per heavy atom. The third-order valence-electron chi connectivity index (χ3n) is 5.96. The van der Waals surface area contributed by atoms with Gasteiger partial charge in [-0.15, -0.1) is 0 Å². The van der Waals surface area contributed by atoms with Crippen LogP contribution in [-0.4, -0.2) is 21.8 Å². The Labute approximate surface area is 160 Å². The highest BCUT2D eigenvalue weighted by Gasteiger charge is 2.60. The average molecular weight is 360 g/mol. The SMILES string of the molecule is CCC1(CC)C(=O)N2C(c3ccccc3)C=CC(c3ccccc3)N2C1=O. The summed E-state index contributed by atoms with van der Waals surface area (Å²) in [6, 6.07) is 19.3. The molecule has 0 aromatic heterocycles. The first kappa shape index (κ1) is 17.5. The third-order valence-corrected chi connectivity index (χ3v) is 5.96. The molecule has 4 rings (SSSR count). The van der Waals surface area contributed by atoms with Crippen LogP contribution in [0.1, 0.15) is 49.9 Å². The molecule has 2 unspecified atom stereocenters. The molecule has 4 heteroatoms.